The molecule has 0 aromatic heterocycles. The van der Waals surface area contributed by atoms with Crippen molar-refractivity contribution in [3.63, 3.8) is 0 Å². The number of sulfonamides is 1. The van der Waals surface area contributed by atoms with Gasteiger partial charge in [-0.25, -0.2) is 13.2 Å². The molecule has 0 bridgehead atoms. The molecule has 0 spiro atoms. The second-order valence-electron chi connectivity index (χ2n) is 9.04. The Labute approximate surface area is 202 Å². The summed E-state index contributed by atoms with van der Waals surface area (Å²) in [5, 5.41) is 0. The van der Waals surface area contributed by atoms with Gasteiger partial charge >= 0.3 is 6.03 Å². The maximum absolute atomic E-state index is 13.5. The molecule has 34 heavy (non-hydrogen) atoms. The summed E-state index contributed by atoms with van der Waals surface area (Å²) in [5.41, 5.74) is 4.22. The highest BCUT2D eigenvalue weighted by Gasteiger charge is 2.29. The van der Waals surface area contributed by atoms with Crippen LogP contribution < -0.4 is 9.62 Å². The molecule has 0 aliphatic carbocycles. The first-order chi connectivity index (χ1) is 16.2. The van der Waals surface area contributed by atoms with Crippen LogP contribution in [0.5, 0.6) is 0 Å². The molecule has 6 nitrogen and oxygen atoms in total. The van der Waals surface area contributed by atoms with Gasteiger partial charge in [0.05, 0.1) is 16.3 Å². The van der Waals surface area contributed by atoms with Crippen molar-refractivity contribution in [2.45, 2.75) is 44.6 Å². The highest BCUT2D eigenvalue weighted by Crippen LogP contribution is 2.32. The summed E-state index contributed by atoms with van der Waals surface area (Å²) >= 11 is 0. The number of hydrogen-bond donors (Lipinski definition) is 1. The Bertz CT molecular complexity index is 1260. The third-order valence-electron chi connectivity index (χ3n) is 6.07. The SMILES string of the molecule is Cc1ccc(N2CCCN(Cc3ccc(C(C)C)cc3)C2=O)c(NS(=O)(=O)c2ccccc2)c1. The topological polar surface area (TPSA) is 69.7 Å². The average molecular weight is 478 g/mol. The van der Waals surface area contributed by atoms with Gasteiger partial charge in [-0.15, -0.1) is 0 Å². The number of hydrogen-bond acceptors (Lipinski definition) is 3. The van der Waals surface area contributed by atoms with E-state index in [2.05, 4.69) is 42.8 Å². The molecule has 178 valence electrons. The summed E-state index contributed by atoms with van der Waals surface area (Å²) < 4.78 is 28.7. The van der Waals surface area contributed by atoms with E-state index in [0.717, 1.165) is 17.5 Å². The number of urea groups is 1. The van der Waals surface area contributed by atoms with Gasteiger partial charge in [-0.05, 0) is 60.2 Å². The molecule has 1 heterocycles. The van der Waals surface area contributed by atoms with Crippen LogP contribution in [0.3, 0.4) is 0 Å². The van der Waals surface area contributed by atoms with E-state index in [0.29, 0.717) is 36.9 Å². The first-order valence-corrected chi connectivity index (χ1v) is 13.1. The zero-order chi connectivity index (χ0) is 24.3. The molecule has 3 aromatic rings. The van der Waals surface area contributed by atoms with Crippen LogP contribution in [0.25, 0.3) is 0 Å². The van der Waals surface area contributed by atoms with E-state index in [-0.39, 0.29) is 10.9 Å². The van der Waals surface area contributed by atoms with Gasteiger partial charge in [0.15, 0.2) is 0 Å². The molecule has 1 N–H and O–H groups in total. The quantitative estimate of drug-likeness (QED) is 0.471. The van der Waals surface area contributed by atoms with Gasteiger partial charge in [0.1, 0.15) is 0 Å². The molecular formula is C27H31N3O3S. The Morgan fingerprint density at radius 1 is 0.941 bits per heavy atom. The van der Waals surface area contributed by atoms with Gasteiger partial charge in [-0.3, -0.25) is 9.62 Å². The number of nitrogens with one attached hydrogen (secondary N) is 1. The van der Waals surface area contributed by atoms with Crippen molar-refractivity contribution in [2.24, 2.45) is 0 Å². The summed E-state index contributed by atoms with van der Waals surface area (Å²) in [6.07, 6.45) is 0.800. The monoisotopic (exact) mass is 477 g/mol. The summed E-state index contributed by atoms with van der Waals surface area (Å²) in [5.74, 6) is 0.459. The maximum atomic E-state index is 13.5. The second-order valence-corrected chi connectivity index (χ2v) is 10.7. The van der Waals surface area contributed by atoms with Crippen LogP contribution >= 0.6 is 0 Å². The van der Waals surface area contributed by atoms with Crippen molar-refractivity contribution >= 4 is 27.4 Å². The molecule has 1 fully saturated rings. The Balaban J connectivity index is 1.58. The Morgan fingerprint density at radius 3 is 2.32 bits per heavy atom. The number of rotatable bonds is 7. The van der Waals surface area contributed by atoms with E-state index >= 15 is 0 Å². The molecule has 3 aromatic carbocycles. The van der Waals surface area contributed by atoms with Crippen molar-refractivity contribution < 1.29 is 13.2 Å². The molecule has 0 atom stereocenters. The van der Waals surface area contributed by atoms with Crippen molar-refractivity contribution in [3.05, 3.63) is 89.5 Å². The van der Waals surface area contributed by atoms with Gasteiger partial charge in [0.2, 0.25) is 0 Å². The first-order valence-electron chi connectivity index (χ1n) is 11.6. The van der Waals surface area contributed by atoms with Crippen molar-refractivity contribution in [2.75, 3.05) is 22.7 Å². The van der Waals surface area contributed by atoms with Crippen LogP contribution in [0.1, 0.15) is 42.9 Å². The summed E-state index contributed by atoms with van der Waals surface area (Å²) in [6, 6.07) is 22.0. The van der Waals surface area contributed by atoms with Gasteiger partial charge in [0, 0.05) is 19.6 Å². The fourth-order valence-electron chi connectivity index (χ4n) is 4.15. The average Bonchev–Trinajstić information content (AvgIpc) is 2.82. The third kappa shape index (κ3) is 5.25. The lowest BCUT2D eigenvalue weighted by Gasteiger charge is -2.36. The molecule has 7 heteroatoms. The number of carbonyl (C=O) groups is 1. The van der Waals surface area contributed by atoms with E-state index in [4.69, 9.17) is 0 Å². The molecule has 4 rings (SSSR count). The third-order valence-corrected chi connectivity index (χ3v) is 7.45. The van der Waals surface area contributed by atoms with Crippen LogP contribution in [-0.2, 0) is 16.6 Å². The predicted octanol–water partition coefficient (Wildman–Crippen LogP) is 5.75. The molecule has 1 aliphatic heterocycles. The largest absolute Gasteiger partial charge is 0.324 e. The van der Waals surface area contributed by atoms with Crippen molar-refractivity contribution in [1.29, 1.82) is 0 Å². The standard InChI is InChI=1S/C27H31N3O3S/c1-20(2)23-13-11-22(12-14-23)19-29-16-7-17-30(27(29)31)26-15-10-21(3)18-25(26)28-34(32,33)24-8-5-4-6-9-24/h4-6,8-15,18,20,28H,7,16-17,19H2,1-3H3. The van der Waals surface area contributed by atoms with Crippen LogP contribution in [0.15, 0.2) is 77.7 Å². The molecule has 1 aliphatic rings. The Hall–Kier alpha value is -3.32. The van der Waals surface area contributed by atoms with E-state index in [1.54, 1.807) is 41.3 Å². The highest BCUT2D eigenvalue weighted by molar-refractivity contribution is 7.92. The zero-order valence-corrected chi connectivity index (χ0v) is 20.7. The van der Waals surface area contributed by atoms with E-state index in [9.17, 15) is 13.2 Å². The van der Waals surface area contributed by atoms with Crippen LogP contribution in [0.2, 0.25) is 0 Å². The van der Waals surface area contributed by atoms with Crippen LogP contribution in [0.4, 0.5) is 16.2 Å². The van der Waals surface area contributed by atoms with Crippen molar-refractivity contribution in [3.8, 4) is 0 Å². The number of aryl methyl sites for hydroxylation is 1. The molecule has 2 amide bonds. The fourth-order valence-corrected chi connectivity index (χ4v) is 5.24. The van der Waals surface area contributed by atoms with E-state index < -0.39 is 10.0 Å². The lowest BCUT2D eigenvalue weighted by molar-refractivity contribution is 0.192. The van der Waals surface area contributed by atoms with Crippen molar-refractivity contribution in [1.82, 2.24) is 4.90 Å². The molecule has 0 saturated carbocycles. The Morgan fingerprint density at radius 2 is 1.65 bits per heavy atom. The number of nitrogens with zero attached hydrogens (tertiary/aromatic N) is 2. The van der Waals surface area contributed by atoms with Gasteiger partial charge in [-0.2, -0.15) is 0 Å². The molecule has 1 saturated heterocycles. The molecule has 0 unspecified atom stereocenters. The summed E-state index contributed by atoms with van der Waals surface area (Å²) in [7, 11) is -3.78. The minimum absolute atomic E-state index is 0.122. The number of carbonyl (C=O) groups excluding carboxylic acids is 1. The lowest BCUT2D eigenvalue weighted by atomic mass is 10.0. The maximum Gasteiger partial charge on any atom is 0.324 e. The van der Waals surface area contributed by atoms with Gasteiger partial charge < -0.3 is 4.90 Å². The number of anilines is 2. The lowest BCUT2D eigenvalue weighted by Crippen LogP contribution is -2.49. The minimum Gasteiger partial charge on any atom is -0.320 e. The molecule has 0 radical (unpaired) electrons. The number of benzene rings is 3. The zero-order valence-electron chi connectivity index (χ0n) is 19.9. The second kappa shape index (κ2) is 9.89. The number of amides is 2. The van der Waals surface area contributed by atoms with Gasteiger partial charge in [-0.1, -0.05) is 62.4 Å². The van der Waals surface area contributed by atoms with E-state index in [1.807, 2.05) is 24.0 Å². The minimum atomic E-state index is -3.78. The highest BCUT2D eigenvalue weighted by atomic mass is 32.2. The van der Waals surface area contributed by atoms with Crippen LogP contribution in [0, 0.1) is 6.92 Å². The van der Waals surface area contributed by atoms with Gasteiger partial charge in [0.25, 0.3) is 10.0 Å². The van der Waals surface area contributed by atoms with Crippen LogP contribution in [-0.4, -0.2) is 32.4 Å². The fraction of sp³-hybridized carbons (Fsp3) is 0.296. The normalized spacial score (nSPS) is 14.5. The van der Waals surface area contributed by atoms with E-state index in [1.165, 1.54) is 5.56 Å². The summed E-state index contributed by atoms with van der Waals surface area (Å²) in [4.78, 5) is 17.1. The smallest absolute Gasteiger partial charge is 0.320 e. The predicted molar refractivity (Wildman–Crippen MR) is 137 cm³/mol. The summed E-state index contributed by atoms with van der Waals surface area (Å²) in [6.45, 7) is 7.93. The Kier molecular flexibility index (Phi) is 6.93. The molecular weight excluding hydrogens is 446 g/mol. The first kappa shape index (κ1) is 23.8.